The van der Waals surface area contributed by atoms with Crippen LogP contribution >= 0.6 is 0 Å². The Bertz CT molecular complexity index is 599. The summed E-state index contributed by atoms with van der Waals surface area (Å²) in [7, 11) is 0. The predicted molar refractivity (Wildman–Crippen MR) is 74.3 cm³/mol. The first kappa shape index (κ1) is 12.2. The first-order valence-electron chi connectivity index (χ1n) is 6.83. The van der Waals surface area contributed by atoms with E-state index in [1.54, 1.807) is 6.07 Å². The number of halogens is 1. The normalized spacial score (nSPS) is 14.8. The zero-order valence-corrected chi connectivity index (χ0v) is 11.1. The van der Waals surface area contributed by atoms with Gasteiger partial charge in [-0.2, -0.15) is 0 Å². The Morgan fingerprint density at radius 1 is 1.42 bits per heavy atom. The lowest BCUT2D eigenvalue weighted by molar-refractivity contribution is 0.628. The van der Waals surface area contributed by atoms with Crippen molar-refractivity contribution in [3.63, 3.8) is 0 Å². The fourth-order valence-electron chi connectivity index (χ4n) is 2.48. The largest absolute Gasteiger partial charge is 0.383 e. The van der Waals surface area contributed by atoms with Crippen LogP contribution in [-0.2, 0) is 6.42 Å². The van der Waals surface area contributed by atoms with Gasteiger partial charge in [0.05, 0.1) is 0 Å². The van der Waals surface area contributed by atoms with Gasteiger partial charge in [0.25, 0.3) is 0 Å². The van der Waals surface area contributed by atoms with E-state index in [-0.39, 0.29) is 5.82 Å². The van der Waals surface area contributed by atoms with Crippen molar-refractivity contribution in [2.75, 3.05) is 5.73 Å². The van der Waals surface area contributed by atoms with Gasteiger partial charge in [0.1, 0.15) is 23.2 Å². The standard InChI is InChI=1S/C15H18FN3/c1-2-4-13-18-14(10-5-3-6-11(16)9-10)15(17)19(13)12-7-8-12/h3,5-6,9,12H,2,4,7-8,17H2,1H3. The third-order valence-electron chi connectivity index (χ3n) is 3.50. The summed E-state index contributed by atoms with van der Waals surface area (Å²) in [5, 5.41) is 0. The van der Waals surface area contributed by atoms with Gasteiger partial charge in [-0.25, -0.2) is 9.37 Å². The molecule has 1 heterocycles. The van der Waals surface area contributed by atoms with Crippen LogP contribution in [0.3, 0.4) is 0 Å². The van der Waals surface area contributed by atoms with Crippen molar-refractivity contribution in [2.24, 2.45) is 0 Å². The van der Waals surface area contributed by atoms with Crippen LogP contribution in [0.2, 0.25) is 0 Å². The highest BCUT2D eigenvalue weighted by Crippen LogP contribution is 2.41. The molecule has 0 spiro atoms. The van der Waals surface area contributed by atoms with Crippen molar-refractivity contribution in [2.45, 2.75) is 38.6 Å². The van der Waals surface area contributed by atoms with E-state index in [2.05, 4.69) is 16.5 Å². The zero-order chi connectivity index (χ0) is 13.4. The van der Waals surface area contributed by atoms with E-state index in [1.165, 1.54) is 25.0 Å². The molecule has 0 bridgehead atoms. The molecule has 2 N–H and O–H groups in total. The van der Waals surface area contributed by atoms with Crippen LogP contribution in [0.1, 0.15) is 38.1 Å². The predicted octanol–water partition coefficient (Wildman–Crippen LogP) is 3.56. The molecule has 3 nitrogen and oxygen atoms in total. The lowest BCUT2D eigenvalue weighted by Gasteiger charge is -2.07. The van der Waals surface area contributed by atoms with Gasteiger partial charge in [-0.05, 0) is 31.4 Å². The fraction of sp³-hybridized carbons (Fsp3) is 0.400. The van der Waals surface area contributed by atoms with E-state index < -0.39 is 0 Å². The van der Waals surface area contributed by atoms with E-state index in [0.29, 0.717) is 11.9 Å². The molecule has 100 valence electrons. The summed E-state index contributed by atoms with van der Waals surface area (Å²) in [4.78, 5) is 4.64. The summed E-state index contributed by atoms with van der Waals surface area (Å²) in [6, 6.07) is 6.97. The van der Waals surface area contributed by atoms with Crippen LogP contribution in [0.15, 0.2) is 24.3 Å². The lowest BCUT2D eigenvalue weighted by atomic mass is 10.1. The first-order valence-corrected chi connectivity index (χ1v) is 6.83. The number of aryl methyl sites for hydroxylation is 1. The van der Waals surface area contributed by atoms with Crippen molar-refractivity contribution in [1.29, 1.82) is 0 Å². The summed E-state index contributed by atoms with van der Waals surface area (Å²) in [5.41, 5.74) is 7.71. The van der Waals surface area contributed by atoms with Crippen molar-refractivity contribution < 1.29 is 4.39 Å². The van der Waals surface area contributed by atoms with Crippen molar-refractivity contribution in [3.8, 4) is 11.3 Å². The Morgan fingerprint density at radius 3 is 2.84 bits per heavy atom. The number of rotatable bonds is 4. The van der Waals surface area contributed by atoms with Gasteiger partial charge in [0.2, 0.25) is 0 Å². The highest BCUT2D eigenvalue weighted by molar-refractivity contribution is 5.71. The van der Waals surface area contributed by atoms with E-state index in [1.807, 2.05) is 6.07 Å². The molecule has 0 amide bonds. The number of nitrogens with two attached hydrogens (primary N) is 1. The molecular formula is C15H18FN3. The molecule has 0 unspecified atom stereocenters. The third-order valence-corrected chi connectivity index (χ3v) is 3.50. The number of imidazole rings is 1. The maximum Gasteiger partial charge on any atom is 0.131 e. The molecular weight excluding hydrogens is 241 g/mol. The molecule has 1 fully saturated rings. The van der Waals surface area contributed by atoms with Crippen molar-refractivity contribution in [3.05, 3.63) is 35.9 Å². The zero-order valence-electron chi connectivity index (χ0n) is 11.1. The number of hydrogen-bond acceptors (Lipinski definition) is 2. The Morgan fingerprint density at radius 2 is 2.21 bits per heavy atom. The highest BCUT2D eigenvalue weighted by atomic mass is 19.1. The van der Waals surface area contributed by atoms with Gasteiger partial charge in [0, 0.05) is 18.0 Å². The second kappa shape index (κ2) is 4.68. The van der Waals surface area contributed by atoms with Crippen LogP contribution in [-0.4, -0.2) is 9.55 Å². The average Bonchev–Trinajstić information content (AvgIpc) is 3.16. The fourth-order valence-corrected chi connectivity index (χ4v) is 2.48. The first-order chi connectivity index (χ1) is 9.20. The van der Waals surface area contributed by atoms with Crippen molar-refractivity contribution >= 4 is 5.82 Å². The van der Waals surface area contributed by atoms with Gasteiger partial charge in [-0.15, -0.1) is 0 Å². The number of aromatic nitrogens is 2. The average molecular weight is 259 g/mol. The number of benzene rings is 1. The molecule has 1 aromatic heterocycles. The molecule has 2 aromatic rings. The van der Waals surface area contributed by atoms with Gasteiger partial charge in [-0.3, -0.25) is 0 Å². The van der Waals surface area contributed by atoms with E-state index in [9.17, 15) is 4.39 Å². The Labute approximate surface area is 112 Å². The molecule has 1 aromatic carbocycles. The minimum atomic E-state index is -0.255. The molecule has 4 heteroatoms. The second-order valence-electron chi connectivity index (χ2n) is 5.12. The summed E-state index contributed by atoms with van der Waals surface area (Å²) >= 11 is 0. The van der Waals surface area contributed by atoms with Crippen molar-refractivity contribution in [1.82, 2.24) is 9.55 Å². The Balaban J connectivity index is 2.08. The number of hydrogen-bond donors (Lipinski definition) is 1. The van der Waals surface area contributed by atoms with Crippen LogP contribution in [0.4, 0.5) is 10.2 Å². The van der Waals surface area contributed by atoms with Gasteiger partial charge >= 0.3 is 0 Å². The van der Waals surface area contributed by atoms with Gasteiger partial charge in [-0.1, -0.05) is 19.1 Å². The minimum absolute atomic E-state index is 0.255. The van der Waals surface area contributed by atoms with Crippen LogP contribution in [0.25, 0.3) is 11.3 Å². The smallest absolute Gasteiger partial charge is 0.131 e. The van der Waals surface area contributed by atoms with Crippen LogP contribution < -0.4 is 5.73 Å². The van der Waals surface area contributed by atoms with Gasteiger partial charge in [0.15, 0.2) is 0 Å². The molecule has 1 aliphatic carbocycles. The molecule has 0 saturated heterocycles. The SMILES string of the molecule is CCCc1nc(-c2cccc(F)c2)c(N)n1C1CC1. The minimum Gasteiger partial charge on any atom is -0.383 e. The lowest BCUT2D eigenvalue weighted by Crippen LogP contribution is -2.05. The molecule has 0 atom stereocenters. The van der Waals surface area contributed by atoms with E-state index >= 15 is 0 Å². The Hall–Kier alpha value is -1.84. The van der Waals surface area contributed by atoms with E-state index in [4.69, 9.17) is 5.73 Å². The molecule has 0 radical (unpaired) electrons. The number of anilines is 1. The molecule has 1 aliphatic rings. The van der Waals surface area contributed by atoms with Crippen LogP contribution in [0.5, 0.6) is 0 Å². The molecule has 3 rings (SSSR count). The molecule has 0 aliphatic heterocycles. The number of nitrogens with zero attached hydrogens (tertiary/aromatic N) is 2. The summed E-state index contributed by atoms with van der Waals surface area (Å²) < 4.78 is 15.5. The van der Waals surface area contributed by atoms with E-state index in [0.717, 1.165) is 29.9 Å². The monoisotopic (exact) mass is 259 g/mol. The van der Waals surface area contributed by atoms with Gasteiger partial charge < -0.3 is 10.3 Å². The summed E-state index contributed by atoms with van der Waals surface area (Å²) in [6.45, 7) is 2.13. The summed E-state index contributed by atoms with van der Waals surface area (Å²) in [6.07, 6.45) is 4.28. The maximum absolute atomic E-state index is 13.3. The molecule has 1 saturated carbocycles. The topological polar surface area (TPSA) is 43.8 Å². The Kier molecular flexibility index (Phi) is 3.01. The second-order valence-corrected chi connectivity index (χ2v) is 5.12. The number of nitrogen functional groups attached to an aromatic ring is 1. The summed E-state index contributed by atoms with van der Waals surface area (Å²) in [5.74, 6) is 1.45. The molecule has 19 heavy (non-hydrogen) atoms. The highest BCUT2D eigenvalue weighted by Gasteiger charge is 2.29. The quantitative estimate of drug-likeness (QED) is 0.912. The van der Waals surface area contributed by atoms with Crippen LogP contribution in [0, 0.1) is 5.82 Å². The maximum atomic E-state index is 13.3. The third kappa shape index (κ3) is 2.23.